The third-order valence-electron chi connectivity index (χ3n) is 2.87. The molecule has 1 aliphatic rings. The molecule has 0 saturated carbocycles. The summed E-state index contributed by atoms with van der Waals surface area (Å²) in [5, 5.41) is 18.4. The van der Waals surface area contributed by atoms with Crippen molar-refractivity contribution in [3.63, 3.8) is 0 Å². The van der Waals surface area contributed by atoms with Crippen molar-refractivity contribution in [1.29, 1.82) is 0 Å². The Labute approximate surface area is 105 Å². The van der Waals surface area contributed by atoms with Gasteiger partial charge in [0.15, 0.2) is 0 Å². The molecule has 0 bridgehead atoms. The minimum atomic E-state index is -1.26. The molecule has 0 radical (unpaired) electrons. The van der Waals surface area contributed by atoms with Crippen LogP contribution in [0.2, 0.25) is 0 Å². The summed E-state index contributed by atoms with van der Waals surface area (Å²) in [6, 6.07) is -1.19. The van der Waals surface area contributed by atoms with Crippen LogP contribution in [0, 0.1) is 0 Å². The van der Waals surface area contributed by atoms with Crippen molar-refractivity contribution in [1.82, 2.24) is 14.9 Å². The van der Waals surface area contributed by atoms with Crippen LogP contribution in [0.25, 0.3) is 0 Å². The molecule has 9 heteroatoms. The summed E-state index contributed by atoms with van der Waals surface area (Å²) in [6.45, 7) is -0.172. The summed E-state index contributed by atoms with van der Waals surface area (Å²) in [6.07, 6.45) is -0.123. The van der Waals surface area contributed by atoms with Gasteiger partial charge in [0.2, 0.25) is 0 Å². The molecule has 1 aromatic heterocycles. The lowest BCUT2D eigenvalue weighted by Gasteiger charge is -2.20. The lowest BCUT2D eigenvalue weighted by Crippen LogP contribution is -2.43. The maximum absolute atomic E-state index is 12.0. The minimum absolute atomic E-state index is 0.0949. The van der Waals surface area contributed by atoms with Crippen molar-refractivity contribution in [2.24, 2.45) is 0 Å². The molecule has 1 aromatic rings. The smallest absolute Gasteiger partial charge is 0.326 e. The highest BCUT2D eigenvalue weighted by atomic mass is 16.4. The lowest BCUT2D eigenvalue weighted by atomic mass is 10.2. The number of carbonyl (C=O) groups excluding carboxylic acids is 1. The highest BCUT2D eigenvalue weighted by Gasteiger charge is 2.39. The molecule has 1 saturated heterocycles. The van der Waals surface area contributed by atoms with Gasteiger partial charge in [-0.2, -0.15) is 0 Å². The van der Waals surface area contributed by atoms with Crippen molar-refractivity contribution in [2.45, 2.75) is 18.6 Å². The highest BCUT2D eigenvalue weighted by Crippen LogP contribution is 2.19. The van der Waals surface area contributed by atoms with Crippen LogP contribution in [0.3, 0.4) is 0 Å². The Kier molecular flexibility index (Phi) is 3.21. The van der Waals surface area contributed by atoms with E-state index in [-0.39, 0.29) is 18.5 Å². The first-order valence-corrected chi connectivity index (χ1v) is 5.44. The fourth-order valence-corrected chi connectivity index (χ4v) is 2.00. The number of rotatable bonds is 2. The Hall–Kier alpha value is -2.42. The number of β-amino-alcohol motifs (C(OH)–C–C–N with tert-alkyl or cyclic N) is 1. The van der Waals surface area contributed by atoms with E-state index in [1.54, 1.807) is 0 Å². The molecule has 1 fully saturated rings. The zero-order valence-electron chi connectivity index (χ0n) is 9.62. The summed E-state index contributed by atoms with van der Waals surface area (Å²) in [7, 11) is 0. The van der Waals surface area contributed by atoms with E-state index in [9.17, 15) is 24.3 Å². The second-order valence-corrected chi connectivity index (χ2v) is 4.19. The molecule has 2 rings (SSSR count). The van der Waals surface area contributed by atoms with Crippen LogP contribution in [-0.2, 0) is 4.79 Å². The van der Waals surface area contributed by atoms with E-state index < -0.39 is 35.3 Å². The molecule has 19 heavy (non-hydrogen) atoms. The zero-order chi connectivity index (χ0) is 14.2. The maximum atomic E-state index is 12.0. The molecule has 0 spiro atoms. The van der Waals surface area contributed by atoms with E-state index in [1.807, 2.05) is 4.98 Å². The van der Waals surface area contributed by atoms with Crippen LogP contribution in [0.1, 0.15) is 16.8 Å². The fourth-order valence-electron chi connectivity index (χ4n) is 2.00. The number of hydrogen-bond acceptors (Lipinski definition) is 5. The van der Waals surface area contributed by atoms with E-state index in [2.05, 4.69) is 4.98 Å². The summed E-state index contributed by atoms with van der Waals surface area (Å²) in [5.74, 6) is -2.10. The average Bonchev–Trinajstić information content (AvgIpc) is 2.70. The van der Waals surface area contributed by atoms with Gasteiger partial charge in [0.1, 0.15) is 11.6 Å². The molecule has 0 aromatic carbocycles. The fraction of sp³-hybridized carbons (Fsp3) is 0.400. The molecule has 2 atom stereocenters. The third-order valence-corrected chi connectivity index (χ3v) is 2.87. The minimum Gasteiger partial charge on any atom is -0.480 e. The number of aliphatic carboxylic acids is 1. The van der Waals surface area contributed by atoms with Crippen molar-refractivity contribution in [3.05, 3.63) is 32.6 Å². The number of carbonyl (C=O) groups is 2. The van der Waals surface area contributed by atoms with Gasteiger partial charge in [-0.05, 0) is 0 Å². The van der Waals surface area contributed by atoms with Crippen molar-refractivity contribution < 1.29 is 19.8 Å². The van der Waals surface area contributed by atoms with E-state index >= 15 is 0 Å². The molecule has 1 unspecified atom stereocenters. The van der Waals surface area contributed by atoms with Gasteiger partial charge in [-0.3, -0.25) is 14.6 Å². The molecule has 102 valence electrons. The van der Waals surface area contributed by atoms with Crippen molar-refractivity contribution in [3.8, 4) is 0 Å². The van der Waals surface area contributed by atoms with Gasteiger partial charge in [-0.1, -0.05) is 0 Å². The van der Waals surface area contributed by atoms with Gasteiger partial charge in [0.25, 0.3) is 11.5 Å². The Morgan fingerprint density at radius 3 is 2.63 bits per heavy atom. The third kappa shape index (κ3) is 2.40. The first-order valence-electron chi connectivity index (χ1n) is 5.44. The van der Waals surface area contributed by atoms with Crippen LogP contribution >= 0.6 is 0 Å². The Bertz CT molecular complexity index is 633. The molecule has 2 heterocycles. The molecular formula is C10H11N3O6. The summed E-state index contributed by atoms with van der Waals surface area (Å²) >= 11 is 0. The molecule has 4 N–H and O–H groups in total. The molecule has 1 amide bonds. The number of aliphatic hydroxyl groups is 1. The van der Waals surface area contributed by atoms with E-state index in [1.165, 1.54) is 0 Å². The van der Waals surface area contributed by atoms with Crippen LogP contribution in [0.15, 0.2) is 15.8 Å². The predicted octanol–water partition coefficient (Wildman–Crippen LogP) is -2.28. The topological polar surface area (TPSA) is 144 Å². The number of aliphatic hydroxyl groups excluding tert-OH is 1. The maximum Gasteiger partial charge on any atom is 0.326 e. The average molecular weight is 269 g/mol. The van der Waals surface area contributed by atoms with E-state index in [0.29, 0.717) is 0 Å². The normalized spacial score (nSPS) is 22.5. The van der Waals surface area contributed by atoms with Gasteiger partial charge < -0.3 is 20.1 Å². The van der Waals surface area contributed by atoms with Crippen LogP contribution < -0.4 is 11.2 Å². The number of nitrogens with zero attached hydrogens (tertiary/aromatic N) is 1. The first-order chi connectivity index (χ1) is 8.90. The van der Waals surface area contributed by atoms with Gasteiger partial charge in [-0.25, -0.2) is 9.59 Å². The monoisotopic (exact) mass is 269 g/mol. The highest BCUT2D eigenvalue weighted by molar-refractivity contribution is 5.96. The molecule has 0 aliphatic carbocycles. The Balaban J connectivity index is 2.35. The zero-order valence-corrected chi connectivity index (χ0v) is 9.62. The SMILES string of the molecule is O=C(O)[C@@H]1CC(O)CN1C(=O)c1c[nH]c(=O)[nH]c1=O. The quantitative estimate of drug-likeness (QED) is 0.476. The number of likely N-dealkylation sites (tertiary alicyclic amines) is 1. The largest absolute Gasteiger partial charge is 0.480 e. The van der Waals surface area contributed by atoms with Gasteiger partial charge in [0.05, 0.1) is 6.10 Å². The second-order valence-electron chi connectivity index (χ2n) is 4.19. The summed E-state index contributed by atoms with van der Waals surface area (Å²) in [5.41, 5.74) is -2.04. The summed E-state index contributed by atoms with van der Waals surface area (Å²) in [4.78, 5) is 50.2. The Morgan fingerprint density at radius 1 is 1.37 bits per heavy atom. The van der Waals surface area contributed by atoms with Crippen molar-refractivity contribution >= 4 is 11.9 Å². The lowest BCUT2D eigenvalue weighted by molar-refractivity contribution is -0.141. The van der Waals surface area contributed by atoms with Crippen molar-refractivity contribution in [2.75, 3.05) is 6.54 Å². The van der Waals surface area contributed by atoms with Crippen LogP contribution in [-0.4, -0.2) is 55.6 Å². The number of amides is 1. The summed E-state index contributed by atoms with van der Waals surface area (Å²) < 4.78 is 0. The molecule has 1 aliphatic heterocycles. The molecular weight excluding hydrogens is 258 g/mol. The van der Waals surface area contributed by atoms with Crippen LogP contribution in [0.4, 0.5) is 0 Å². The number of carboxylic acid groups (broad SMARTS) is 1. The number of nitrogens with one attached hydrogen (secondary N) is 2. The van der Waals surface area contributed by atoms with Gasteiger partial charge in [-0.15, -0.1) is 0 Å². The van der Waals surface area contributed by atoms with E-state index in [4.69, 9.17) is 5.11 Å². The standard InChI is InChI=1S/C10H11N3O6/c14-4-1-6(9(17)18)13(3-4)8(16)5-2-11-10(19)12-7(5)15/h2,4,6,14H,1,3H2,(H,17,18)(H2,11,12,15,19)/t4?,6-/m0/s1. The first kappa shape index (κ1) is 13.0. The van der Waals surface area contributed by atoms with Gasteiger partial charge >= 0.3 is 11.7 Å². The van der Waals surface area contributed by atoms with Gasteiger partial charge in [0, 0.05) is 19.2 Å². The second kappa shape index (κ2) is 4.69. The Morgan fingerprint density at radius 2 is 2.05 bits per heavy atom. The number of aromatic amines is 2. The number of aromatic nitrogens is 2. The molecule has 9 nitrogen and oxygen atoms in total. The van der Waals surface area contributed by atoms with Crippen LogP contribution in [0.5, 0.6) is 0 Å². The number of carboxylic acids is 1. The number of hydrogen-bond donors (Lipinski definition) is 4. The predicted molar refractivity (Wildman–Crippen MR) is 60.8 cm³/mol. The number of H-pyrrole nitrogens is 2. The van der Waals surface area contributed by atoms with E-state index in [0.717, 1.165) is 11.1 Å².